The summed E-state index contributed by atoms with van der Waals surface area (Å²) in [5, 5.41) is 2.65. The van der Waals surface area contributed by atoms with E-state index in [9.17, 15) is 19.2 Å². The van der Waals surface area contributed by atoms with Crippen LogP contribution in [0, 0.1) is 0 Å². The van der Waals surface area contributed by atoms with E-state index >= 15 is 0 Å². The van der Waals surface area contributed by atoms with E-state index in [-0.39, 0.29) is 19.1 Å². The van der Waals surface area contributed by atoms with Crippen LogP contribution in [0.1, 0.15) is 46.5 Å². The summed E-state index contributed by atoms with van der Waals surface area (Å²) in [6.45, 7) is 3.96. The molecule has 1 aliphatic heterocycles. The normalized spacial score (nSPS) is 25.8. The molecule has 5 unspecified atom stereocenters. The van der Waals surface area contributed by atoms with Gasteiger partial charge in [-0.05, 0) is 12.8 Å². The Labute approximate surface area is 175 Å². The summed E-state index contributed by atoms with van der Waals surface area (Å²) in [7, 11) is 1.34. The van der Waals surface area contributed by atoms with E-state index in [1.807, 2.05) is 0 Å². The van der Waals surface area contributed by atoms with Gasteiger partial charge in [0.1, 0.15) is 12.1 Å². The van der Waals surface area contributed by atoms with E-state index in [0.29, 0.717) is 19.3 Å². The van der Waals surface area contributed by atoms with Crippen molar-refractivity contribution in [2.45, 2.75) is 77.1 Å². The Balaban J connectivity index is 2.86. The van der Waals surface area contributed by atoms with E-state index < -0.39 is 48.5 Å². The van der Waals surface area contributed by atoms with Gasteiger partial charge >= 0.3 is 17.9 Å². The number of nitrogens with two attached hydrogens (primary N) is 1. The monoisotopic (exact) mass is 432 g/mol. The maximum atomic E-state index is 11.7. The quantitative estimate of drug-likeness (QED) is 0.255. The lowest BCUT2D eigenvalue weighted by Crippen LogP contribution is -2.67. The molecule has 1 amide bonds. The second kappa shape index (κ2) is 13.1. The molecule has 1 aliphatic rings. The molecule has 1 heterocycles. The number of hydrogen-bond donors (Lipinski definition) is 2. The predicted octanol–water partition coefficient (Wildman–Crippen LogP) is -0.212. The molecule has 0 bridgehead atoms. The van der Waals surface area contributed by atoms with Crippen LogP contribution < -0.4 is 11.1 Å². The summed E-state index contributed by atoms with van der Waals surface area (Å²) < 4.78 is 26.9. The van der Waals surface area contributed by atoms with Crippen molar-refractivity contribution in [1.29, 1.82) is 0 Å². The Morgan fingerprint density at radius 2 is 1.60 bits per heavy atom. The number of unbranched alkanes of at least 4 members (excludes halogenated alkanes) is 2. The van der Waals surface area contributed by atoms with Crippen LogP contribution in [0.2, 0.25) is 0 Å². The average Bonchev–Trinajstić information content (AvgIpc) is 2.66. The zero-order chi connectivity index (χ0) is 22.7. The Hall–Kier alpha value is -2.24. The number of esters is 3. The van der Waals surface area contributed by atoms with E-state index in [1.54, 1.807) is 0 Å². The van der Waals surface area contributed by atoms with Gasteiger partial charge in [0.15, 0.2) is 18.5 Å². The van der Waals surface area contributed by atoms with E-state index in [1.165, 1.54) is 27.9 Å². The molecule has 0 aromatic heterocycles. The number of nitrogens with one attached hydrogen (secondary N) is 1. The summed E-state index contributed by atoms with van der Waals surface area (Å²) in [5.41, 5.74) is 5.76. The minimum atomic E-state index is -1.04. The molecular formula is C19H32N2O9. The predicted molar refractivity (Wildman–Crippen MR) is 103 cm³/mol. The van der Waals surface area contributed by atoms with Gasteiger partial charge in [0.2, 0.25) is 5.91 Å². The fraction of sp³-hybridized carbons (Fsp3) is 0.789. The van der Waals surface area contributed by atoms with Crippen molar-refractivity contribution in [2.75, 3.05) is 20.3 Å². The highest BCUT2D eigenvalue weighted by Gasteiger charge is 2.50. The second-order valence-electron chi connectivity index (χ2n) is 6.91. The first-order chi connectivity index (χ1) is 14.2. The number of methoxy groups -OCH3 is 1. The van der Waals surface area contributed by atoms with E-state index in [4.69, 9.17) is 24.7 Å². The molecule has 5 atom stereocenters. The number of rotatable bonds is 11. The van der Waals surface area contributed by atoms with Gasteiger partial charge in [-0.25, -0.2) is 0 Å². The Bertz CT molecular complexity index is 599. The molecule has 0 radical (unpaired) electrons. The van der Waals surface area contributed by atoms with Gasteiger partial charge in [0.25, 0.3) is 0 Å². The van der Waals surface area contributed by atoms with Crippen LogP contribution in [-0.4, -0.2) is 74.7 Å². The minimum absolute atomic E-state index is 0.0263. The van der Waals surface area contributed by atoms with E-state index in [0.717, 1.165) is 6.42 Å². The van der Waals surface area contributed by atoms with Gasteiger partial charge in [-0.1, -0.05) is 6.42 Å². The smallest absolute Gasteiger partial charge is 0.305 e. The fourth-order valence-electron chi connectivity index (χ4n) is 3.14. The molecule has 30 heavy (non-hydrogen) atoms. The number of ether oxygens (including phenoxy) is 5. The van der Waals surface area contributed by atoms with Crippen LogP contribution in [-0.2, 0) is 42.9 Å². The molecule has 11 heteroatoms. The van der Waals surface area contributed by atoms with Gasteiger partial charge < -0.3 is 34.7 Å². The maximum absolute atomic E-state index is 11.7. The largest absolute Gasteiger partial charge is 0.469 e. The molecule has 0 aliphatic carbocycles. The Kier molecular flexibility index (Phi) is 11.3. The van der Waals surface area contributed by atoms with Crippen LogP contribution in [0.4, 0.5) is 0 Å². The van der Waals surface area contributed by atoms with Crippen molar-refractivity contribution in [3.05, 3.63) is 0 Å². The van der Waals surface area contributed by atoms with Gasteiger partial charge in [-0.3, -0.25) is 19.2 Å². The van der Waals surface area contributed by atoms with Crippen molar-refractivity contribution in [3.63, 3.8) is 0 Å². The highest BCUT2D eigenvalue weighted by Crippen LogP contribution is 2.27. The number of hydrogen-bond acceptors (Lipinski definition) is 10. The summed E-state index contributed by atoms with van der Waals surface area (Å²) >= 11 is 0. The van der Waals surface area contributed by atoms with Crippen LogP contribution in [0.3, 0.4) is 0 Å². The third-order valence-electron chi connectivity index (χ3n) is 4.39. The lowest BCUT2D eigenvalue weighted by molar-refractivity contribution is -0.269. The molecule has 0 aromatic rings. The molecule has 3 N–H and O–H groups in total. The fourth-order valence-corrected chi connectivity index (χ4v) is 3.14. The van der Waals surface area contributed by atoms with Crippen molar-refractivity contribution in [1.82, 2.24) is 5.32 Å². The van der Waals surface area contributed by atoms with Gasteiger partial charge in [0.05, 0.1) is 7.11 Å². The van der Waals surface area contributed by atoms with Crippen LogP contribution in [0.15, 0.2) is 0 Å². The lowest BCUT2D eigenvalue weighted by atomic mass is 9.95. The van der Waals surface area contributed by atoms with Crippen molar-refractivity contribution >= 4 is 23.8 Å². The second-order valence-corrected chi connectivity index (χ2v) is 6.91. The summed E-state index contributed by atoms with van der Waals surface area (Å²) in [6, 6.07) is -0.909. The van der Waals surface area contributed by atoms with E-state index in [2.05, 4.69) is 10.1 Å². The molecule has 1 rings (SSSR count). The molecule has 172 valence electrons. The standard InChI is InChI=1S/C19H32N2O9/c1-11(22)21-16-18(29-13(3)24)17(28-12(2)23)14(10-20)30-19(16)27-9-7-5-6-8-15(25)26-4/h14,16-19H,5-10,20H2,1-4H3,(H,21,22). The first-order valence-corrected chi connectivity index (χ1v) is 9.85. The number of carbonyl (C=O) groups excluding carboxylic acids is 4. The third-order valence-corrected chi connectivity index (χ3v) is 4.39. The summed E-state index contributed by atoms with van der Waals surface area (Å²) in [5.74, 6) is -1.90. The van der Waals surface area contributed by atoms with Gasteiger partial charge in [-0.2, -0.15) is 0 Å². The Morgan fingerprint density at radius 1 is 0.967 bits per heavy atom. The van der Waals surface area contributed by atoms with Crippen LogP contribution in [0.25, 0.3) is 0 Å². The van der Waals surface area contributed by atoms with Crippen LogP contribution in [0.5, 0.6) is 0 Å². The summed E-state index contributed by atoms with van der Waals surface area (Å²) in [6.07, 6.45) is -1.51. The summed E-state index contributed by atoms with van der Waals surface area (Å²) in [4.78, 5) is 46.1. The SMILES string of the molecule is COC(=O)CCCCCOC1OC(CN)C(OC(C)=O)C(OC(C)=O)C1NC(C)=O. The average molecular weight is 432 g/mol. The minimum Gasteiger partial charge on any atom is -0.469 e. The molecular weight excluding hydrogens is 400 g/mol. The van der Waals surface area contributed by atoms with Crippen LogP contribution >= 0.6 is 0 Å². The first-order valence-electron chi connectivity index (χ1n) is 9.85. The zero-order valence-electron chi connectivity index (χ0n) is 17.9. The highest BCUT2D eigenvalue weighted by molar-refractivity contribution is 5.73. The molecule has 0 saturated carbocycles. The maximum Gasteiger partial charge on any atom is 0.305 e. The number of carbonyl (C=O) groups is 4. The van der Waals surface area contributed by atoms with Crippen molar-refractivity contribution in [2.24, 2.45) is 5.73 Å². The van der Waals surface area contributed by atoms with Gasteiger partial charge in [0, 0.05) is 40.3 Å². The lowest BCUT2D eigenvalue weighted by Gasteiger charge is -2.45. The van der Waals surface area contributed by atoms with Crippen molar-refractivity contribution in [3.8, 4) is 0 Å². The molecule has 0 spiro atoms. The topological polar surface area (TPSA) is 152 Å². The first kappa shape index (κ1) is 25.8. The molecule has 1 saturated heterocycles. The third kappa shape index (κ3) is 8.64. The highest BCUT2D eigenvalue weighted by atomic mass is 16.7. The van der Waals surface area contributed by atoms with Crippen molar-refractivity contribution < 1.29 is 42.9 Å². The molecule has 0 aromatic carbocycles. The molecule has 11 nitrogen and oxygen atoms in total. The zero-order valence-corrected chi connectivity index (χ0v) is 17.9. The Morgan fingerprint density at radius 3 is 2.13 bits per heavy atom. The number of amides is 1. The molecule has 1 fully saturated rings. The van der Waals surface area contributed by atoms with Gasteiger partial charge in [-0.15, -0.1) is 0 Å².